The number of carbonyl (C=O) groups is 2. The molecule has 0 heterocycles. The summed E-state index contributed by atoms with van der Waals surface area (Å²) in [6, 6.07) is 7.88. The summed E-state index contributed by atoms with van der Waals surface area (Å²) in [4.78, 5) is 27.8. The van der Waals surface area contributed by atoms with Crippen LogP contribution in [0.1, 0.15) is 105 Å². The Morgan fingerprint density at radius 3 is 1.84 bits per heavy atom. The summed E-state index contributed by atoms with van der Waals surface area (Å²) in [7, 11) is 0. The van der Waals surface area contributed by atoms with Gasteiger partial charge in [0.1, 0.15) is 5.75 Å². The van der Waals surface area contributed by atoms with Gasteiger partial charge in [0.15, 0.2) is 5.78 Å². The molecule has 0 saturated carbocycles. The lowest BCUT2D eigenvalue weighted by molar-refractivity contribution is 0.0981. The van der Waals surface area contributed by atoms with Crippen molar-refractivity contribution in [2.45, 2.75) is 67.2 Å². The first kappa shape index (κ1) is 28.4. The number of phenolic OH excluding ortho intramolecular Hbond substituents is 1. The van der Waals surface area contributed by atoms with Crippen LogP contribution in [0.3, 0.4) is 0 Å². The molecule has 0 saturated heterocycles. The van der Waals surface area contributed by atoms with Gasteiger partial charge in [-0.2, -0.15) is 0 Å². The minimum atomic E-state index is -0.819. The molecule has 0 aromatic heterocycles. The molecule has 1 amide bonds. The topological polar surface area (TPSA) is 103 Å². The average Bonchev–Trinajstić information content (AvgIpc) is 2.75. The Morgan fingerprint density at radius 1 is 0.935 bits per heavy atom. The zero-order chi connectivity index (χ0) is 24.3. The van der Waals surface area contributed by atoms with Gasteiger partial charge in [0.25, 0.3) is 0 Å². The fraction of sp³-hybridized carbons (Fsp3) is 0.417. The number of aromatic hydroxyl groups is 1. The Bertz CT molecular complexity index is 934. The van der Waals surface area contributed by atoms with Crippen LogP contribution in [0, 0.1) is 0 Å². The Balaban J connectivity index is 0.00000212. The minimum Gasteiger partial charge on any atom is -0.507 e. The second-order valence-electron chi connectivity index (χ2n) is 6.83. The number of rotatable bonds is 5. The molecule has 168 valence electrons. The summed E-state index contributed by atoms with van der Waals surface area (Å²) >= 11 is 3.31. The maximum Gasteiger partial charge on any atom is 0.249 e. The van der Waals surface area contributed by atoms with Crippen LogP contribution in [0.2, 0.25) is 0 Å². The number of phenols is 1. The molecule has 2 rings (SSSR count). The monoisotopic (exact) mass is 489 g/mol. The summed E-state index contributed by atoms with van der Waals surface area (Å²) in [6.45, 7) is 15.7. The van der Waals surface area contributed by atoms with Gasteiger partial charge >= 0.3 is 0 Å². The summed E-state index contributed by atoms with van der Waals surface area (Å²) in [6.07, 6.45) is 0. The third kappa shape index (κ3) is 7.23. The van der Waals surface area contributed by atoms with Crippen LogP contribution in [-0.4, -0.2) is 16.8 Å². The zero-order valence-electron chi connectivity index (χ0n) is 19.5. The number of hydrogen-bond acceptors (Lipinski definition) is 3. The SMILES string of the molecule is CC.CC.CC(C)c1cc(C(=O)c2cc(Br)ccc2C(=O)N=[N+]=[N-])cc(C(C)C)c1O. The van der Waals surface area contributed by atoms with Crippen LogP contribution in [0.5, 0.6) is 5.75 Å². The highest BCUT2D eigenvalue weighted by Crippen LogP contribution is 2.35. The van der Waals surface area contributed by atoms with E-state index < -0.39 is 5.91 Å². The number of hydrogen-bond donors (Lipinski definition) is 1. The molecule has 6 nitrogen and oxygen atoms in total. The maximum atomic E-state index is 13.2. The Morgan fingerprint density at radius 2 is 1.42 bits per heavy atom. The Labute approximate surface area is 193 Å². The molecule has 0 bridgehead atoms. The van der Waals surface area contributed by atoms with Gasteiger partial charge in [-0.05, 0) is 63.9 Å². The van der Waals surface area contributed by atoms with Crippen molar-refractivity contribution in [3.63, 3.8) is 0 Å². The Kier molecular flexibility index (Phi) is 12.5. The molecule has 2 aromatic rings. The van der Waals surface area contributed by atoms with Gasteiger partial charge in [0.05, 0.1) is 0 Å². The van der Waals surface area contributed by atoms with Gasteiger partial charge in [0.2, 0.25) is 5.91 Å². The van der Waals surface area contributed by atoms with Crippen LogP contribution >= 0.6 is 15.9 Å². The van der Waals surface area contributed by atoms with Crippen molar-refractivity contribution >= 4 is 27.6 Å². The quantitative estimate of drug-likeness (QED) is 0.198. The number of azide groups is 1. The van der Waals surface area contributed by atoms with E-state index in [2.05, 4.69) is 26.0 Å². The van der Waals surface area contributed by atoms with Gasteiger partial charge in [-0.1, -0.05) is 71.3 Å². The number of nitrogens with zero attached hydrogens (tertiary/aromatic N) is 3. The van der Waals surface area contributed by atoms with Crippen molar-refractivity contribution in [2.24, 2.45) is 5.11 Å². The van der Waals surface area contributed by atoms with Crippen molar-refractivity contribution in [1.82, 2.24) is 0 Å². The van der Waals surface area contributed by atoms with Crippen molar-refractivity contribution in [1.29, 1.82) is 0 Å². The molecule has 0 aliphatic heterocycles. The van der Waals surface area contributed by atoms with Crippen molar-refractivity contribution in [2.75, 3.05) is 0 Å². The molecule has 7 heteroatoms. The number of carbonyl (C=O) groups excluding carboxylic acids is 2. The van der Waals surface area contributed by atoms with E-state index in [4.69, 9.17) is 5.53 Å². The lowest BCUT2D eigenvalue weighted by Crippen LogP contribution is -2.10. The van der Waals surface area contributed by atoms with E-state index in [1.165, 1.54) is 12.1 Å². The normalized spacial score (nSPS) is 9.77. The minimum absolute atomic E-state index is 0.0158. The van der Waals surface area contributed by atoms with Crippen LogP contribution in [0.4, 0.5) is 0 Å². The van der Waals surface area contributed by atoms with Gasteiger partial charge in [-0.25, -0.2) is 0 Å². The smallest absolute Gasteiger partial charge is 0.249 e. The zero-order valence-corrected chi connectivity index (χ0v) is 21.1. The van der Waals surface area contributed by atoms with E-state index in [1.807, 2.05) is 55.4 Å². The molecular formula is C24H32BrN3O3. The fourth-order valence-electron chi connectivity index (χ4n) is 2.83. The lowest BCUT2D eigenvalue weighted by atomic mass is 9.88. The Hall–Kier alpha value is -2.63. The summed E-state index contributed by atoms with van der Waals surface area (Å²) in [5.74, 6) is -0.975. The van der Waals surface area contributed by atoms with Crippen LogP contribution in [-0.2, 0) is 0 Å². The first-order valence-corrected chi connectivity index (χ1v) is 11.3. The number of ketones is 1. The predicted molar refractivity (Wildman–Crippen MR) is 130 cm³/mol. The lowest BCUT2D eigenvalue weighted by Gasteiger charge is -2.17. The maximum absolute atomic E-state index is 13.2. The van der Waals surface area contributed by atoms with Gasteiger partial charge in [-0.15, -0.1) is 0 Å². The highest BCUT2D eigenvalue weighted by atomic mass is 79.9. The average molecular weight is 490 g/mol. The van der Waals surface area contributed by atoms with Gasteiger partial charge < -0.3 is 5.11 Å². The number of amides is 1. The van der Waals surface area contributed by atoms with E-state index in [0.29, 0.717) is 21.2 Å². The molecule has 0 atom stereocenters. The third-order valence-corrected chi connectivity index (χ3v) is 4.76. The van der Waals surface area contributed by atoms with Crippen molar-refractivity contribution in [3.8, 4) is 5.75 Å². The molecule has 0 fully saturated rings. The van der Waals surface area contributed by atoms with Gasteiger partial charge in [0, 0.05) is 26.1 Å². The van der Waals surface area contributed by atoms with Crippen LogP contribution in [0.15, 0.2) is 39.9 Å². The molecule has 0 aliphatic rings. The standard InChI is InChI=1S/C20H20BrN3O3.2C2H6/c1-10(2)15-7-12(8-16(11(3)4)19(15)26)18(25)17-9-13(21)5-6-14(17)20(27)23-24-22;2*1-2/h5-11,26H,1-4H3;2*1-2H3. The fourth-order valence-corrected chi connectivity index (χ4v) is 3.19. The van der Waals surface area contributed by atoms with E-state index in [0.717, 1.165) is 0 Å². The third-order valence-electron chi connectivity index (χ3n) is 4.27. The number of benzene rings is 2. The molecule has 1 N–H and O–H groups in total. The first-order chi connectivity index (χ1) is 14.7. The highest BCUT2D eigenvalue weighted by Gasteiger charge is 2.22. The molecule has 0 radical (unpaired) electrons. The largest absolute Gasteiger partial charge is 0.507 e. The van der Waals surface area contributed by atoms with E-state index >= 15 is 0 Å². The molecular weight excluding hydrogens is 458 g/mol. The summed E-state index contributed by atoms with van der Waals surface area (Å²) in [5.41, 5.74) is 10.4. The van der Waals surface area contributed by atoms with Gasteiger partial charge in [-0.3, -0.25) is 9.59 Å². The predicted octanol–water partition coefficient (Wildman–Crippen LogP) is 8.14. The van der Waals surface area contributed by atoms with Crippen LogP contribution < -0.4 is 0 Å². The number of halogens is 1. The highest BCUT2D eigenvalue weighted by molar-refractivity contribution is 9.10. The van der Waals surface area contributed by atoms with Crippen LogP contribution in [0.25, 0.3) is 10.4 Å². The molecule has 0 unspecified atom stereocenters. The van der Waals surface area contributed by atoms with Crippen molar-refractivity contribution < 1.29 is 14.7 Å². The van der Waals surface area contributed by atoms with E-state index in [-0.39, 0.29) is 34.5 Å². The molecule has 2 aromatic carbocycles. The molecule has 0 aliphatic carbocycles. The summed E-state index contributed by atoms with van der Waals surface area (Å²) < 4.78 is 0.621. The van der Waals surface area contributed by atoms with Crippen molar-refractivity contribution in [3.05, 3.63) is 73.1 Å². The summed E-state index contributed by atoms with van der Waals surface area (Å²) in [5, 5.41) is 13.6. The van der Waals surface area contributed by atoms with E-state index in [1.54, 1.807) is 18.2 Å². The molecule has 31 heavy (non-hydrogen) atoms. The first-order valence-electron chi connectivity index (χ1n) is 10.5. The van der Waals surface area contributed by atoms with E-state index in [9.17, 15) is 14.7 Å². The second kappa shape index (κ2) is 13.6. The second-order valence-corrected chi connectivity index (χ2v) is 7.74. The molecule has 0 spiro atoms.